The molecule has 0 spiro atoms. The molecule has 0 amide bonds. The van der Waals surface area contributed by atoms with Gasteiger partial charge >= 0.3 is 29.6 Å². The number of nitrogens with zero attached hydrogens (tertiary/aromatic N) is 2. The molecule has 3 aromatic carbocycles. The van der Waals surface area contributed by atoms with E-state index < -0.39 is 15.0 Å². The number of fused-ring (bicyclic) bond motifs is 1. The Labute approximate surface area is 182 Å². The zero-order valence-electron chi connectivity index (χ0n) is 13.5. The summed E-state index contributed by atoms with van der Waals surface area (Å²) in [6.45, 7) is 0. The Morgan fingerprint density at radius 1 is 0.923 bits per heavy atom. The molecule has 0 aromatic heterocycles. The van der Waals surface area contributed by atoms with Crippen molar-refractivity contribution in [1.29, 1.82) is 0 Å². The van der Waals surface area contributed by atoms with Crippen molar-refractivity contribution in [2.75, 3.05) is 5.73 Å². The van der Waals surface area contributed by atoms with E-state index in [0.717, 1.165) is 6.07 Å². The molecule has 0 bridgehead atoms. The van der Waals surface area contributed by atoms with Gasteiger partial charge in [0.2, 0.25) is 0 Å². The summed E-state index contributed by atoms with van der Waals surface area (Å²) in [5, 5.41) is 9.25. The summed E-state index contributed by atoms with van der Waals surface area (Å²) in [5.74, 6) is 0. The van der Waals surface area contributed by atoms with Gasteiger partial charge in [-0.05, 0) is 24.3 Å². The molecule has 0 atom stereocenters. The van der Waals surface area contributed by atoms with E-state index >= 15 is 0 Å². The van der Waals surface area contributed by atoms with Crippen molar-refractivity contribution in [3.05, 3.63) is 58.6 Å². The van der Waals surface area contributed by atoms with Crippen LogP contribution in [0, 0.1) is 0 Å². The number of hydrogen-bond acceptors (Lipinski definition) is 6. The Morgan fingerprint density at radius 2 is 1.58 bits per heavy atom. The van der Waals surface area contributed by atoms with E-state index in [9.17, 15) is 13.0 Å². The molecule has 0 radical (unpaired) electrons. The van der Waals surface area contributed by atoms with Crippen LogP contribution in [0.1, 0.15) is 0 Å². The van der Waals surface area contributed by atoms with Gasteiger partial charge in [0, 0.05) is 10.8 Å². The maximum Gasteiger partial charge on any atom is 1.00 e. The fraction of sp³-hybridized carbons (Fsp3) is 0. The number of benzene rings is 3. The minimum atomic E-state index is -4.71. The first-order valence-corrected chi connectivity index (χ1v) is 9.07. The molecule has 0 aliphatic rings. The second kappa shape index (κ2) is 8.22. The molecule has 10 heteroatoms. The molecule has 2 N–H and O–H groups in total. The van der Waals surface area contributed by atoms with Crippen molar-refractivity contribution in [3.63, 3.8) is 0 Å². The average Bonchev–Trinajstić information content (AvgIpc) is 2.56. The minimum absolute atomic E-state index is 0. The molecule has 6 nitrogen and oxygen atoms in total. The standard InChI is InChI=1S/C16H11Cl2N3O3S.Na/c17-12-6-5-9(7-13(12)18)20-21-14-8-15(25(22,23)24)10-3-1-2-4-11(10)16(14)19;/h1-8H,19H2,(H,22,23,24);/q;+1/p-1. The number of nitrogen functional groups attached to an aromatic ring is 1. The first-order chi connectivity index (χ1) is 11.8. The van der Waals surface area contributed by atoms with Crippen LogP contribution >= 0.6 is 23.2 Å². The van der Waals surface area contributed by atoms with E-state index in [1.165, 1.54) is 12.1 Å². The van der Waals surface area contributed by atoms with Gasteiger partial charge in [-0.2, -0.15) is 5.11 Å². The predicted molar refractivity (Wildman–Crippen MR) is 97.0 cm³/mol. The zero-order valence-corrected chi connectivity index (χ0v) is 17.8. The van der Waals surface area contributed by atoms with E-state index in [4.69, 9.17) is 28.9 Å². The monoisotopic (exact) mass is 417 g/mol. The molecular weight excluding hydrogens is 408 g/mol. The van der Waals surface area contributed by atoms with E-state index in [2.05, 4.69) is 10.2 Å². The van der Waals surface area contributed by atoms with Gasteiger partial charge in [-0.3, -0.25) is 0 Å². The Morgan fingerprint density at radius 3 is 2.19 bits per heavy atom. The van der Waals surface area contributed by atoms with Crippen LogP contribution in [0.4, 0.5) is 17.1 Å². The summed E-state index contributed by atoms with van der Waals surface area (Å²) in [4.78, 5) is -0.402. The smallest absolute Gasteiger partial charge is 0.744 e. The second-order valence-electron chi connectivity index (χ2n) is 5.11. The van der Waals surface area contributed by atoms with Crippen molar-refractivity contribution in [1.82, 2.24) is 0 Å². The molecular formula is C16H10Cl2N3NaO3S. The van der Waals surface area contributed by atoms with Crippen LogP contribution < -0.4 is 35.3 Å². The third-order valence-corrected chi connectivity index (χ3v) is 5.09. The molecule has 0 heterocycles. The number of nitrogens with two attached hydrogens (primary N) is 1. The van der Waals surface area contributed by atoms with Gasteiger partial charge in [0.1, 0.15) is 15.8 Å². The Bertz CT molecular complexity index is 1120. The number of azo groups is 1. The number of halogens is 2. The average molecular weight is 418 g/mol. The fourth-order valence-electron chi connectivity index (χ4n) is 2.30. The van der Waals surface area contributed by atoms with E-state index in [-0.39, 0.29) is 46.3 Å². The molecule has 3 aromatic rings. The molecule has 0 unspecified atom stereocenters. The maximum absolute atomic E-state index is 11.6. The zero-order chi connectivity index (χ0) is 18.2. The third kappa shape index (κ3) is 4.37. The van der Waals surface area contributed by atoms with Gasteiger partial charge in [0.05, 0.1) is 26.3 Å². The molecule has 0 saturated carbocycles. The van der Waals surface area contributed by atoms with Crippen LogP contribution in [0.5, 0.6) is 0 Å². The van der Waals surface area contributed by atoms with Crippen LogP contribution in [0.25, 0.3) is 10.8 Å². The molecule has 3 rings (SSSR count). The summed E-state index contributed by atoms with van der Waals surface area (Å²) in [5.41, 5.74) is 6.73. The Kier molecular flexibility index (Phi) is 6.68. The summed E-state index contributed by atoms with van der Waals surface area (Å²) < 4.78 is 34.7. The van der Waals surface area contributed by atoms with Crippen LogP contribution in [0.3, 0.4) is 0 Å². The SMILES string of the molecule is Nc1c(N=Nc2ccc(Cl)c(Cl)c2)cc(S(=O)(=O)[O-])c2ccccc12.[Na+]. The summed E-state index contributed by atoms with van der Waals surface area (Å²) in [6, 6.07) is 12.2. The first kappa shape index (κ1) is 21.1. The van der Waals surface area contributed by atoms with Gasteiger partial charge in [0.25, 0.3) is 0 Å². The van der Waals surface area contributed by atoms with Crippen molar-refractivity contribution in [2.45, 2.75) is 4.90 Å². The van der Waals surface area contributed by atoms with Crippen LogP contribution in [0.15, 0.2) is 63.7 Å². The number of hydrogen-bond donors (Lipinski definition) is 1. The molecule has 0 saturated heterocycles. The largest absolute Gasteiger partial charge is 1.00 e. The van der Waals surface area contributed by atoms with Crippen LogP contribution in [-0.4, -0.2) is 13.0 Å². The molecule has 0 aliphatic heterocycles. The Balaban J connectivity index is 0.00000243. The van der Waals surface area contributed by atoms with Gasteiger partial charge in [-0.1, -0.05) is 47.5 Å². The second-order valence-corrected chi connectivity index (χ2v) is 7.27. The summed E-state index contributed by atoms with van der Waals surface area (Å²) >= 11 is 11.7. The van der Waals surface area contributed by atoms with Crippen LogP contribution in [0.2, 0.25) is 10.0 Å². The number of anilines is 1. The molecule has 26 heavy (non-hydrogen) atoms. The Hall–Kier alpha value is -1.19. The first-order valence-electron chi connectivity index (χ1n) is 6.91. The van der Waals surface area contributed by atoms with E-state index in [1.54, 1.807) is 30.3 Å². The predicted octanol–water partition coefficient (Wildman–Crippen LogP) is 2.05. The van der Waals surface area contributed by atoms with E-state index in [0.29, 0.717) is 21.1 Å². The van der Waals surface area contributed by atoms with Crippen molar-refractivity contribution < 1.29 is 42.5 Å². The van der Waals surface area contributed by atoms with Crippen molar-refractivity contribution in [3.8, 4) is 0 Å². The van der Waals surface area contributed by atoms with Gasteiger partial charge in [-0.15, -0.1) is 5.11 Å². The van der Waals surface area contributed by atoms with E-state index in [1.807, 2.05) is 0 Å². The van der Waals surface area contributed by atoms with Crippen molar-refractivity contribution in [2.24, 2.45) is 10.2 Å². The normalized spacial score (nSPS) is 11.7. The molecule has 0 fully saturated rings. The quantitative estimate of drug-likeness (QED) is 0.304. The maximum atomic E-state index is 11.6. The van der Waals surface area contributed by atoms with Gasteiger partial charge in [-0.25, -0.2) is 8.42 Å². The van der Waals surface area contributed by atoms with Crippen molar-refractivity contribution >= 4 is 61.2 Å². The molecule has 0 aliphatic carbocycles. The topological polar surface area (TPSA) is 108 Å². The minimum Gasteiger partial charge on any atom is -0.744 e. The van der Waals surface area contributed by atoms with Gasteiger partial charge in [0.15, 0.2) is 0 Å². The summed E-state index contributed by atoms with van der Waals surface area (Å²) in [7, 11) is -4.71. The fourth-order valence-corrected chi connectivity index (χ4v) is 3.29. The number of rotatable bonds is 3. The third-order valence-electron chi connectivity index (χ3n) is 3.47. The molecule has 128 valence electrons. The van der Waals surface area contributed by atoms with Crippen LogP contribution in [-0.2, 0) is 10.1 Å². The van der Waals surface area contributed by atoms with Gasteiger partial charge < -0.3 is 10.3 Å². The summed E-state index contributed by atoms with van der Waals surface area (Å²) in [6.07, 6.45) is 0.